The first-order valence-electron chi connectivity index (χ1n) is 7.94. The zero-order chi connectivity index (χ0) is 16.3. The van der Waals surface area contributed by atoms with Crippen LogP contribution in [0.25, 0.3) is 0 Å². The van der Waals surface area contributed by atoms with Gasteiger partial charge in [0.2, 0.25) is 0 Å². The molecule has 7 heteroatoms. The van der Waals surface area contributed by atoms with Crippen molar-refractivity contribution in [3.05, 3.63) is 21.4 Å². The van der Waals surface area contributed by atoms with Crippen molar-refractivity contribution in [1.29, 1.82) is 0 Å². The molecule has 0 spiro atoms. The fraction of sp³-hybridized carbons (Fsp3) is 0.562. The van der Waals surface area contributed by atoms with Crippen LogP contribution >= 0.6 is 11.3 Å². The Morgan fingerprint density at radius 2 is 1.91 bits per heavy atom. The molecule has 3 aliphatic heterocycles. The number of nitrogens with zero attached hydrogens (tertiary/aromatic N) is 1. The van der Waals surface area contributed by atoms with Crippen LogP contribution in [0.15, 0.2) is 5.38 Å². The zero-order valence-corrected chi connectivity index (χ0v) is 13.8. The highest BCUT2D eigenvalue weighted by Crippen LogP contribution is 2.48. The number of thiophene rings is 1. The van der Waals surface area contributed by atoms with Crippen molar-refractivity contribution in [3.63, 3.8) is 0 Å². The van der Waals surface area contributed by atoms with E-state index in [2.05, 4.69) is 5.43 Å². The first-order chi connectivity index (χ1) is 11.0. The average molecular weight is 334 g/mol. The van der Waals surface area contributed by atoms with Crippen molar-refractivity contribution in [3.8, 4) is 0 Å². The molecule has 6 nitrogen and oxygen atoms in total. The van der Waals surface area contributed by atoms with Crippen molar-refractivity contribution < 1.29 is 19.1 Å². The standard InChI is InChI=1S/C16H18N2O4S/c1-3-8-7(2)23-6-9(8)14(19)17-18-15(20)12-10-4-5-11(22-10)13(12)16(18)21/h6,10-13H,3-5H2,1-2H3,(H,17,19)/t10-,11-,12-,13-/m1/s1. The van der Waals surface area contributed by atoms with E-state index in [4.69, 9.17) is 4.74 Å². The van der Waals surface area contributed by atoms with Crippen molar-refractivity contribution in [2.75, 3.05) is 0 Å². The second-order valence-electron chi connectivity index (χ2n) is 6.33. The number of aryl methyl sites for hydroxylation is 1. The molecule has 0 radical (unpaired) electrons. The molecule has 3 saturated heterocycles. The molecule has 3 fully saturated rings. The quantitative estimate of drug-likeness (QED) is 0.849. The summed E-state index contributed by atoms with van der Waals surface area (Å²) in [5, 5.41) is 2.71. The topological polar surface area (TPSA) is 75.7 Å². The van der Waals surface area contributed by atoms with Gasteiger partial charge in [0, 0.05) is 10.3 Å². The normalized spacial score (nSPS) is 31.8. The molecule has 4 rings (SSSR count). The molecular formula is C16H18N2O4S. The van der Waals surface area contributed by atoms with Gasteiger partial charge < -0.3 is 4.74 Å². The third kappa shape index (κ3) is 1.99. The van der Waals surface area contributed by atoms with Crippen LogP contribution in [0, 0.1) is 18.8 Å². The van der Waals surface area contributed by atoms with E-state index in [9.17, 15) is 14.4 Å². The molecule has 0 saturated carbocycles. The van der Waals surface area contributed by atoms with Crippen molar-refractivity contribution in [2.45, 2.75) is 45.3 Å². The van der Waals surface area contributed by atoms with Crippen LogP contribution in [-0.4, -0.2) is 34.9 Å². The lowest BCUT2D eigenvalue weighted by molar-refractivity contribution is -0.145. The molecule has 0 aliphatic carbocycles. The molecule has 3 amide bonds. The Bertz CT molecular complexity index is 685. The number of imide groups is 1. The molecular weight excluding hydrogens is 316 g/mol. The summed E-state index contributed by atoms with van der Waals surface area (Å²) in [6.45, 7) is 3.95. The second-order valence-corrected chi connectivity index (χ2v) is 7.42. The highest BCUT2D eigenvalue weighted by molar-refractivity contribution is 7.10. The number of hydrazine groups is 1. The highest BCUT2D eigenvalue weighted by Gasteiger charge is 2.62. The number of amides is 3. The number of hydrogen-bond donors (Lipinski definition) is 1. The predicted octanol–water partition coefficient (Wildman–Crippen LogP) is 1.43. The van der Waals surface area contributed by atoms with E-state index in [-0.39, 0.29) is 29.9 Å². The lowest BCUT2D eigenvalue weighted by Gasteiger charge is -2.18. The Morgan fingerprint density at radius 3 is 2.48 bits per heavy atom. The second kappa shape index (κ2) is 5.14. The Morgan fingerprint density at radius 1 is 1.30 bits per heavy atom. The smallest absolute Gasteiger partial charge is 0.271 e. The van der Waals surface area contributed by atoms with Crippen LogP contribution in [0.2, 0.25) is 0 Å². The lowest BCUT2D eigenvalue weighted by Crippen LogP contribution is -2.48. The van der Waals surface area contributed by atoms with Gasteiger partial charge in [0.25, 0.3) is 17.7 Å². The molecule has 23 heavy (non-hydrogen) atoms. The molecule has 1 aromatic heterocycles. The molecule has 122 valence electrons. The number of fused-ring (bicyclic) bond motifs is 5. The minimum atomic E-state index is -0.420. The highest BCUT2D eigenvalue weighted by atomic mass is 32.1. The van der Waals surface area contributed by atoms with Crippen molar-refractivity contribution in [2.24, 2.45) is 11.8 Å². The van der Waals surface area contributed by atoms with Crippen molar-refractivity contribution >= 4 is 29.1 Å². The third-order valence-electron chi connectivity index (χ3n) is 5.20. The third-order valence-corrected chi connectivity index (χ3v) is 6.15. The summed E-state index contributed by atoms with van der Waals surface area (Å²) in [6.07, 6.45) is 2.03. The van der Waals surface area contributed by atoms with E-state index < -0.39 is 11.8 Å². The van der Waals surface area contributed by atoms with Gasteiger partial charge in [-0.1, -0.05) is 6.92 Å². The predicted molar refractivity (Wildman–Crippen MR) is 82.6 cm³/mol. The van der Waals surface area contributed by atoms with Crippen molar-refractivity contribution in [1.82, 2.24) is 10.4 Å². The van der Waals surface area contributed by atoms with Gasteiger partial charge in [0.1, 0.15) is 0 Å². The van der Waals surface area contributed by atoms with Crippen LogP contribution in [0.4, 0.5) is 0 Å². The fourth-order valence-electron chi connectivity index (χ4n) is 4.09. The Kier molecular flexibility index (Phi) is 3.32. The number of nitrogens with one attached hydrogen (secondary N) is 1. The summed E-state index contributed by atoms with van der Waals surface area (Å²) < 4.78 is 5.68. The summed E-state index contributed by atoms with van der Waals surface area (Å²) >= 11 is 1.50. The maximum absolute atomic E-state index is 12.5. The van der Waals surface area contributed by atoms with Gasteiger partial charge >= 0.3 is 0 Å². The Balaban J connectivity index is 1.56. The van der Waals surface area contributed by atoms with E-state index in [0.29, 0.717) is 5.56 Å². The van der Waals surface area contributed by atoms with E-state index in [1.165, 1.54) is 11.3 Å². The molecule has 3 aliphatic rings. The zero-order valence-electron chi connectivity index (χ0n) is 13.0. The number of hydrogen-bond acceptors (Lipinski definition) is 5. The van der Waals surface area contributed by atoms with Gasteiger partial charge in [0.05, 0.1) is 29.6 Å². The minimum Gasteiger partial charge on any atom is -0.373 e. The van der Waals surface area contributed by atoms with Gasteiger partial charge in [0.15, 0.2) is 0 Å². The lowest BCUT2D eigenvalue weighted by atomic mass is 9.81. The number of rotatable bonds is 3. The van der Waals surface area contributed by atoms with Gasteiger partial charge in [-0.3, -0.25) is 19.8 Å². The average Bonchev–Trinajstić information content (AvgIpc) is 3.27. The largest absolute Gasteiger partial charge is 0.373 e. The van der Waals surface area contributed by atoms with Crippen LogP contribution in [0.1, 0.15) is 40.6 Å². The molecule has 4 heterocycles. The van der Waals surface area contributed by atoms with E-state index in [1.54, 1.807) is 5.38 Å². The molecule has 4 atom stereocenters. The first kappa shape index (κ1) is 14.8. The SMILES string of the molecule is CCc1c(C(=O)NN2C(=O)[C@H]3[C@H](C2=O)[C@H]2CC[C@H]3O2)csc1C. The Labute approximate surface area is 137 Å². The summed E-state index contributed by atoms with van der Waals surface area (Å²) in [5.74, 6) is -1.88. The van der Waals surface area contributed by atoms with Gasteiger partial charge in [-0.2, -0.15) is 5.01 Å². The van der Waals surface area contributed by atoms with Crippen LogP contribution < -0.4 is 5.43 Å². The summed E-state index contributed by atoms with van der Waals surface area (Å²) in [4.78, 5) is 38.6. The maximum Gasteiger partial charge on any atom is 0.271 e. The van der Waals surface area contributed by atoms with Crippen LogP contribution in [0.3, 0.4) is 0 Å². The Hall–Kier alpha value is -1.73. The first-order valence-corrected chi connectivity index (χ1v) is 8.82. The molecule has 1 aromatic rings. The molecule has 0 aromatic carbocycles. The maximum atomic E-state index is 12.5. The summed E-state index contributed by atoms with van der Waals surface area (Å²) in [6, 6.07) is 0. The summed E-state index contributed by atoms with van der Waals surface area (Å²) in [7, 11) is 0. The van der Waals surface area contributed by atoms with Crippen LogP contribution in [-0.2, 0) is 20.7 Å². The number of ether oxygens (including phenoxy) is 1. The molecule has 2 bridgehead atoms. The van der Waals surface area contributed by atoms with E-state index in [1.807, 2.05) is 13.8 Å². The number of carbonyl (C=O) groups excluding carboxylic acids is 3. The monoisotopic (exact) mass is 334 g/mol. The van der Waals surface area contributed by atoms with Gasteiger partial charge in [-0.05, 0) is 31.7 Å². The summed E-state index contributed by atoms with van der Waals surface area (Å²) in [5.41, 5.74) is 4.04. The molecule has 0 unspecified atom stereocenters. The van der Waals surface area contributed by atoms with E-state index in [0.717, 1.165) is 34.7 Å². The number of carbonyl (C=O) groups is 3. The minimum absolute atomic E-state index is 0.169. The fourth-order valence-corrected chi connectivity index (χ4v) is 5.03. The van der Waals surface area contributed by atoms with Gasteiger partial charge in [-0.25, -0.2) is 0 Å². The molecule has 1 N–H and O–H groups in total. The van der Waals surface area contributed by atoms with Crippen LogP contribution in [0.5, 0.6) is 0 Å². The van der Waals surface area contributed by atoms with Gasteiger partial charge in [-0.15, -0.1) is 11.3 Å². The van der Waals surface area contributed by atoms with E-state index >= 15 is 0 Å².